The minimum atomic E-state index is -1.27. The number of hydrogen-bond donors (Lipinski definition) is 2. The van der Waals surface area contributed by atoms with Gasteiger partial charge in [-0.15, -0.1) is 0 Å². The molecule has 0 radical (unpaired) electrons. The molecule has 1 atom stereocenters. The molecule has 1 aliphatic heterocycles. The highest BCUT2D eigenvalue weighted by atomic mass is 32.1. The number of aromatic hydroxyl groups is 1. The van der Waals surface area contributed by atoms with Gasteiger partial charge in [0.2, 0.25) is 5.88 Å². The van der Waals surface area contributed by atoms with Crippen LogP contribution in [0.2, 0.25) is 0 Å². The number of ether oxygens (including phenoxy) is 1. The molecule has 32 heavy (non-hydrogen) atoms. The van der Waals surface area contributed by atoms with Crippen LogP contribution < -0.4 is 4.90 Å². The number of benzene rings is 2. The van der Waals surface area contributed by atoms with Gasteiger partial charge in [0.15, 0.2) is 5.13 Å². The van der Waals surface area contributed by atoms with Gasteiger partial charge < -0.3 is 19.8 Å². The van der Waals surface area contributed by atoms with Crippen molar-refractivity contribution in [3.8, 4) is 17.0 Å². The number of anilines is 1. The third-order valence-electron chi connectivity index (χ3n) is 6.83. The van der Waals surface area contributed by atoms with Crippen molar-refractivity contribution in [3.05, 3.63) is 65.0 Å². The molecule has 6 heteroatoms. The molecule has 5 rings (SSSR count). The number of nitrogens with zero attached hydrogens (tertiary/aromatic N) is 2. The van der Waals surface area contributed by atoms with E-state index in [1.54, 1.807) is 0 Å². The highest BCUT2D eigenvalue weighted by molar-refractivity contribution is 7.16. The van der Waals surface area contributed by atoms with Crippen LogP contribution in [0.1, 0.15) is 42.5 Å². The van der Waals surface area contributed by atoms with Crippen LogP contribution in [-0.4, -0.2) is 41.5 Å². The first kappa shape index (κ1) is 21.4. The SMILES string of the molecule is Oc1nc(N2CCOCC2)sc1C(O)(c1cccc(-c2ccccc2)c1)C1CCCCC1. The lowest BCUT2D eigenvalue weighted by Gasteiger charge is -2.38. The van der Waals surface area contributed by atoms with Gasteiger partial charge in [0.1, 0.15) is 10.5 Å². The van der Waals surface area contributed by atoms with Crippen LogP contribution in [0.15, 0.2) is 54.6 Å². The van der Waals surface area contributed by atoms with Crippen molar-refractivity contribution in [2.75, 3.05) is 31.2 Å². The molecule has 3 aromatic rings. The summed E-state index contributed by atoms with van der Waals surface area (Å²) in [7, 11) is 0. The summed E-state index contributed by atoms with van der Waals surface area (Å²) < 4.78 is 5.47. The molecule has 1 saturated heterocycles. The Kier molecular flexibility index (Phi) is 6.17. The zero-order chi connectivity index (χ0) is 22.0. The Hall–Kier alpha value is -2.41. The van der Waals surface area contributed by atoms with Crippen LogP contribution in [0.4, 0.5) is 5.13 Å². The van der Waals surface area contributed by atoms with Crippen molar-refractivity contribution < 1.29 is 14.9 Å². The summed E-state index contributed by atoms with van der Waals surface area (Å²) in [6, 6.07) is 18.4. The van der Waals surface area contributed by atoms with Crippen molar-refractivity contribution in [2.45, 2.75) is 37.7 Å². The van der Waals surface area contributed by atoms with E-state index in [1.807, 2.05) is 30.3 Å². The molecule has 2 N–H and O–H groups in total. The van der Waals surface area contributed by atoms with E-state index in [0.29, 0.717) is 18.1 Å². The van der Waals surface area contributed by atoms with Gasteiger partial charge in [-0.05, 0) is 41.5 Å². The Bertz CT molecular complexity index is 1040. The zero-order valence-electron chi connectivity index (χ0n) is 18.2. The van der Waals surface area contributed by atoms with E-state index in [4.69, 9.17) is 4.74 Å². The van der Waals surface area contributed by atoms with Gasteiger partial charge in [-0.3, -0.25) is 0 Å². The van der Waals surface area contributed by atoms with E-state index >= 15 is 0 Å². The molecule has 2 fully saturated rings. The fourth-order valence-corrected chi connectivity index (χ4v) is 6.28. The molecule has 1 aromatic heterocycles. The van der Waals surface area contributed by atoms with Gasteiger partial charge in [-0.2, -0.15) is 4.98 Å². The number of rotatable bonds is 5. The second-order valence-corrected chi connectivity index (χ2v) is 9.77. The van der Waals surface area contributed by atoms with Crippen LogP contribution >= 0.6 is 11.3 Å². The molecule has 2 aliphatic rings. The summed E-state index contributed by atoms with van der Waals surface area (Å²) in [4.78, 5) is 7.19. The fourth-order valence-electron chi connectivity index (χ4n) is 5.08. The normalized spacial score (nSPS) is 19.6. The van der Waals surface area contributed by atoms with Crippen LogP contribution in [0, 0.1) is 5.92 Å². The molecule has 0 spiro atoms. The number of morpholine rings is 1. The average molecular weight is 451 g/mol. The molecule has 0 bridgehead atoms. The Morgan fingerprint density at radius 2 is 1.66 bits per heavy atom. The second-order valence-electron chi connectivity index (χ2n) is 8.80. The minimum Gasteiger partial charge on any atom is -0.492 e. The molecular weight excluding hydrogens is 420 g/mol. The third kappa shape index (κ3) is 4.03. The molecule has 168 valence electrons. The smallest absolute Gasteiger partial charge is 0.230 e. The lowest BCUT2D eigenvalue weighted by Crippen LogP contribution is -2.37. The topological polar surface area (TPSA) is 65.8 Å². The third-order valence-corrected chi connectivity index (χ3v) is 8.06. The number of thiazole rings is 1. The summed E-state index contributed by atoms with van der Waals surface area (Å²) in [5, 5.41) is 24.1. The van der Waals surface area contributed by atoms with E-state index in [9.17, 15) is 10.2 Å². The highest BCUT2D eigenvalue weighted by Gasteiger charge is 2.45. The summed E-state index contributed by atoms with van der Waals surface area (Å²) in [6.45, 7) is 2.80. The summed E-state index contributed by atoms with van der Waals surface area (Å²) in [5.74, 6) is 0.000780. The fraction of sp³-hybridized carbons (Fsp3) is 0.423. The molecule has 1 aliphatic carbocycles. The predicted octanol–water partition coefficient (Wildman–Crippen LogP) is 5.17. The van der Waals surface area contributed by atoms with Crippen molar-refractivity contribution in [1.29, 1.82) is 0 Å². The summed E-state index contributed by atoms with van der Waals surface area (Å²) in [5.41, 5.74) is 1.74. The van der Waals surface area contributed by atoms with E-state index in [2.05, 4.69) is 34.1 Å². The molecule has 1 unspecified atom stereocenters. The van der Waals surface area contributed by atoms with Crippen LogP contribution in [0.5, 0.6) is 5.88 Å². The lowest BCUT2D eigenvalue weighted by molar-refractivity contribution is 0.000587. The maximum absolute atomic E-state index is 12.4. The maximum Gasteiger partial charge on any atom is 0.230 e. The van der Waals surface area contributed by atoms with Gasteiger partial charge in [0.25, 0.3) is 0 Å². The predicted molar refractivity (Wildman–Crippen MR) is 128 cm³/mol. The molecule has 0 amide bonds. The van der Waals surface area contributed by atoms with Crippen LogP contribution in [-0.2, 0) is 10.3 Å². The molecule has 2 aromatic carbocycles. The van der Waals surface area contributed by atoms with Crippen molar-refractivity contribution in [2.24, 2.45) is 5.92 Å². The van der Waals surface area contributed by atoms with Gasteiger partial charge in [0.05, 0.1) is 13.2 Å². The van der Waals surface area contributed by atoms with Gasteiger partial charge in [-0.25, -0.2) is 0 Å². The molecule has 2 heterocycles. The van der Waals surface area contributed by atoms with Gasteiger partial charge >= 0.3 is 0 Å². The maximum atomic E-state index is 12.4. The second kappa shape index (κ2) is 9.22. The van der Waals surface area contributed by atoms with E-state index in [0.717, 1.165) is 60.6 Å². The average Bonchev–Trinajstić information content (AvgIpc) is 3.27. The minimum absolute atomic E-state index is 0.0466. The highest BCUT2D eigenvalue weighted by Crippen LogP contribution is 2.50. The summed E-state index contributed by atoms with van der Waals surface area (Å²) in [6.07, 6.45) is 5.28. The van der Waals surface area contributed by atoms with Gasteiger partial charge in [-0.1, -0.05) is 79.1 Å². The molecule has 5 nitrogen and oxygen atoms in total. The Morgan fingerprint density at radius 3 is 2.41 bits per heavy atom. The largest absolute Gasteiger partial charge is 0.492 e. The quantitative estimate of drug-likeness (QED) is 0.561. The lowest BCUT2D eigenvalue weighted by atomic mass is 9.72. The molecule has 1 saturated carbocycles. The first-order valence-electron chi connectivity index (χ1n) is 11.6. The standard InChI is InChI=1S/C26H30N2O3S/c29-24-23(32-25(27-24)28-14-16-31-17-15-28)26(30,21-11-5-2-6-12-21)22-13-7-10-20(18-22)19-8-3-1-4-9-19/h1,3-4,7-10,13,18,21,29-30H,2,5-6,11-12,14-17H2. The van der Waals surface area contributed by atoms with E-state index in [1.165, 1.54) is 17.8 Å². The Morgan fingerprint density at radius 1 is 0.938 bits per heavy atom. The zero-order valence-corrected chi connectivity index (χ0v) is 19.1. The van der Waals surface area contributed by atoms with Crippen LogP contribution in [0.3, 0.4) is 0 Å². The monoisotopic (exact) mass is 450 g/mol. The number of aliphatic hydroxyl groups is 1. The first-order chi connectivity index (χ1) is 15.7. The Labute approximate surface area is 193 Å². The summed E-state index contributed by atoms with van der Waals surface area (Å²) >= 11 is 1.42. The van der Waals surface area contributed by atoms with Crippen molar-refractivity contribution >= 4 is 16.5 Å². The Balaban J connectivity index is 1.59. The van der Waals surface area contributed by atoms with E-state index < -0.39 is 5.60 Å². The number of hydrogen-bond acceptors (Lipinski definition) is 6. The first-order valence-corrected chi connectivity index (χ1v) is 12.4. The van der Waals surface area contributed by atoms with E-state index in [-0.39, 0.29) is 11.8 Å². The number of aromatic nitrogens is 1. The van der Waals surface area contributed by atoms with Crippen LogP contribution in [0.25, 0.3) is 11.1 Å². The van der Waals surface area contributed by atoms with Gasteiger partial charge in [0, 0.05) is 13.1 Å². The van der Waals surface area contributed by atoms with Crippen molar-refractivity contribution in [1.82, 2.24) is 4.98 Å². The molecular formula is C26H30N2O3S. The van der Waals surface area contributed by atoms with Crippen molar-refractivity contribution in [3.63, 3.8) is 0 Å².